The van der Waals surface area contributed by atoms with Gasteiger partial charge in [-0.3, -0.25) is 14.7 Å². The molecular formula is C34H40N6O2S. The number of H-pyrrole nitrogens is 1. The zero-order valence-corrected chi connectivity index (χ0v) is 25.6. The van der Waals surface area contributed by atoms with Gasteiger partial charge in [0.05, 0.1) is 35.7 Å². The molecule has 0 saturated carbocycles. The maximum Gasteiger partial charge on any atom is 0.116 e. The molecule has 2 atom stereocenters. The molecule has 0 bridgehead atoms. The van der Waals surface area contributed by atoms with Crippen LogP contribution in [0.3, 0.4) is 0 Å². The van der Waals surface area contributed by atoms with Crippen LogP contribution in [0, 0.1) is 0 Å². The molecule has 0 amide bonds. The zero-order valence-electron chi connectivity index (χ0n) is 24.8. The van der Waals surface area contributed by atoms with E-state index in [2.05, 4.69) is 90.3 Å². The number of piperidine rings is 1. The summed E-state index contributed by atoms with van der Waals surface area (Å²) >= 11 is 1.83. The fraction of sp³-hybridized carbons (Fsp3) is 0.412. The number of aromatic nitrogens is 3. The summed E-state index contributed by atoms with van der Waals surface area (Å²) in [5.41, 5.74) is 4.82. The summed E-state index contributed by atoms with van der Waals surface area (Å²) in [6, 6.07) is 22.3. The van der Waals surface area contributed by atoms with Crippen molar-refractivity contribution in [2.75, 3.05) is 53.0 Å². The molecule has 0 spiro atoms. The van der Waals surface area contributed by atoms with E-state index >= 15 is 0 Å². The minimum atomic E-state index is 0.0258. The lowest BCUT2D eigenvalue weighted by Gasteiger charge is -2.46. The summed E-state index contributed by atoms with van der Waals surface area (Å²) in [6.45, 7) is 7.22. The van der Waals surface area contributed by atoms with Gasteiger partial charge in [-0.2, -0.15) is 0 Å². The van der Waals surface area contributed by atoms with Crippen molar-refractivity contribution in [3.63, 3.8) is 0 Å². The van der Waals surface area contributed by atoms with E-state index in [9.17, 15) is 0 Å². The molecular weight excluding hydrogens is 556 g/mol. The molecule has 224 valence electrons. The number of benzene rings is 2. The first kappa shape index (κ1) is 28.6. The van der Waals surface area contributed by atoms with E-state index in [1.54, 1.807) is 13.4 Å². The molecule has 2 saturated heterocycles. The number of ether oxygens (including phenoxy) is 2. The Morgan fingerprint density at radius 3 is 2.79 bits per heavy atom. The molecule has 2 aliphatic rings. The first-order valence-electron chi connectivity index (χ1n) is 15.4. The Balaban J connectivity index is 1.13. The van der Waals surface area contributed by atoms with E-state index in [4.69, 9.17) is 9.47 Å². The smallest absolute Gasteiger partial charge is 0.116 e. The van der Waals surface area contributed by atoms with Crippen LogP contribution in [0.15, 0.2) is 79.4 Å². The Bertz CT molecular complexity index is 1580. The van der Waals surface area contributed by atoms with Gasteiger partial charge in [0.25, 0.3) is 0 Å². The molecule has 8 nitrogen and oxygen atoms in total. The van der Waals surface area contributed by atoms with E-state index in [0.29, 0.717) is 12.6 Å². The van der Waals surface area contributed by atoms with Gasteiger partial charge in [-0.25, -0.2) is 9.97 Å². The summed E-state index contributed by atoms with van der Waals surface area (Å²) in [7, 11) is 1.80. The van der Waals surface area contributed by atoms with Crippen LogP contribution in [0.5, 0.6) is 0 Å². The molecule has 3 aromatic heterocycles. The molecule has 0 radical (unpaired) electrons. The van der Waals surface area contributed by atoms with Gasteiger partial charge >= 0.3 is 0 Å². The van der Waals surface area contributed by atoms with Gasteiger partial charge in [-0.15, -0.1) is 11.3 Å². The second-order valence-electron chi connectivity index (χ2n) is 11.7. The van der Waals surface area contributed by atoms with Gasteiger partial charge < -0.3 is 14.5 Å². The summed E-state index contributed by atoms with van der Waals surface area (Å²) in [5.74, 6) is 0. The molecule has 5 heterocycles. The summed E-state index contributed by atoms with van der Waals surface area (Å²) in [6.07, 6.45) is 8.10. The molecule has 5 aromatic rings. The normalized spacial score (nSPS) is 19.9. The van der Waals surface area contributed by atoms with Crippen molar-refractivity contribution in [1.82, 2.24) is 29.7 Å². The van der Waals surface area contributed by atoms with Crippen molar-refractivity contribution in [3.8, 4) is 0 Å². The molecule has 2 fully saturated rings. The fourth-order valence-electron chi connectivity index (χ4n) is 6.91. The third-order valence-corrected chi connectivity index (χ3v) is 10.2. The number of aromatic amines is 1. The number of hydrogen-bond acceptors (Lipinski definition) is 8. The molecule has 2 aromatic carbocycles. The average molecular weight is 597 g/mol. The number of likely N-dealkylation sites (tertiary alicyclic amines) is 1. The van der Waals surface area contributed by atoms with Crippen LogP contribution in [0.4, 0.5) is 0 Å². The Kier molecular flexibility index (Phi) is 8.78. The predicted molar refractivity (Wildman–Crippen MR) is 172 cm³/mol. The topological polar surface area (TPSA) is 69.8 Å². The number of nitrogens with zero attached hydrogens (tertiary/aromatic N) is 5. The highest BCUT2D eigenvalue weighted by Crippen LogP contribution is 2.39. The first-order chi connectivity index (χ1) is 21.3. The SMILES string of the molecule is COCCN(Cc1ccccc1)C1CCN(C(c2cc3ncncc3s2)N2CCOC(c3cccc4[nH]ccc34)C2)CC1. The van der Waals surface area contributed by atoms with Gasteiger partial charge in [0.1, 0.15) is 6.33 Å². The number of methoxy groups -OCH3 is 1. The molecule has 2 unspecified atom stereocenters. The number of rotatable bonds is 10. The Labute approximate surface area is 257 Å². The van der Waals surface area contributed by atoms with Crippen LogP contribution in [0.1, 0.15) is 41.1 Å². The standard InChI is InChI=1S/C34H40N6O2S/c1-41-18-16-39(22-25-6-3-2-4-7-25)26-11-14-38(15-12-26)34(32-20-30-33(43-32)21-35-24-37-30)40-17-19-42-31(23-40)28-8-5-9-29-27(28)10-13-36-29/h2-10,13,20-21,24,26,31,34,36H,11-12,14-19,22-23H2,1H3. The number of morpholine rings is 1. The van der Waals surface area contributed by atoms with Crippen molar-refractivity contribution >= 4 is 32.5 Å². The fourth-order valence-corrected chi connectivity index (χ4v) is 8.06. The number of fused-ring (bicyclic) bond motifs is 2. The summed E-state index contributed by atoms with van der Waals surface area (Å²) < 4.78 is 13.1. The zero-order chi connectivity index (χ0) is 29.0. The first-order valence-corrected chi connectivity index (χ1v) is 16.2. The second-order valence-corrected chi connectivity index (χ2v) is 12.8. The monoisotopic (exact) mass is 596 g/mol. The highest BCUT2D eigenvalue weighted by molar-refractivity contribution is 7.19. The van der Waals surface area contributed by atoms with Crippen molar-refractivity contribution in [3.05, 3.63) is 95.4 Å². The van der Waals surface area contributed by atoms with E-state index in [0.717, 1.165) is 74.5 Å². The minimum Gasteiger partial charge on any atom is -0.383 e. The van der Waals surface area contributed by atoms with Crippen molar-refractivity contribution in [2.45, 2.75) is 37.7 Å². The van der Waals surface area contributed by atoms with Crippen LogP contribution in [0.2, 0.25) is 0 Å². The quantitative estimate of drug-likeness (QED) is 0.217. The lowest BCUT2D eigenvalue weighted by atomic mass is 10.00. The van der Waals surface area contributed by atoms with Gasteiger partial charge in [-0.1, -0.05) is 42.5 Å². The minimum absolute atomic E-state index is 0.0258. The summed E-state index contributed by atoms with van der Waals surface area (Å²) in [5, 5.41) is 1.25. The molecule has 2 aliphatic heterocycles. The van der Waals surface area contributed by atoms with E-state index in [1.807, 2.05) is 23.7 Å². The van der Waals surface area contributed by atoms with Crippen LogP contribution < -0.4 is 0 Å². The lowest BCUT2D eigenvalue weighted by Crippen LogP contribution is -2.52. The molecule has 9 heteroatoms. The number of hydrogen-bond donors (Lipinski definition) is 1. The van der Waals surface area contributed by atoms with E-state index < -0.39 is 0 Å². The second kappa shape index (κ2) is 13.2. The van der Waals surface area contributed by atoms with Crippen LogP contribution in [-0.4, -0.2) is 88.7 Å². The Morgan fingerprint density at radius 1 is 1.07 bits per heavy atom. The predicted octanol–water partition coefficient (Wildman–Crippen LogP) is 5.86. The van der Waals surface area contributed by atoms with Crippen molar-refractivity contribution in [1.29, 1.82) is 0 Å². The summed E-state index contributed by atoms with van der Waals surface area (Å²) in [4.78, 5) is 21.6. The molecule has 0 aliphatic carbocycles. The Morgan fingerprint density at radius 2 is 1.95 bits per heavy atom. The third kappa shape index (κ3) is 6.24. The number of thiophene rings is 1. The Hall–Kier alpha value is -3.18. The highest BCUT2D eigenvalue weighted by Gasteiger charge is 2.36. The molecule has 43 heavy (non-hydrogen) atoms. The maximum absolute atomic E-state index is 6.44. The third-order valence-electron chi connectivity index (χ3n) is 9.06. The van der Waals surface area contributed by atoms with Gasteiger partial charge in [0.15, 0.2) is 0 Å². The highest BCUT2D eigenvalue weighted by atomic mass is 32.1. The maximum atomic E-state index is 6.44. The lowest BCUT2D eigenvalue weighted by molar-refractivity contribution is -0.0837. The van der Waals surface area contributed by atoms with Crippen molar-refractivity contribution < 1.29 is 9.47 Å². The van der Waals surface area contributed by atoms with Gasteiger partial charge in [-0.05, 0) is 42.2 Å². The largest absolute Gasteiger partial charge is 0.383 e. The average Bonchev–Trinajstić information content (AvgIpc) is 3.72. The van der Waals surface area contributed by atoms with Gasteiger partial charge in [0, 0.05) is 80.6 Å². The van der Waals surface area contributed by atoms with Crippen LogP contribution in [-0.2, 0) is 16.0 Å². The van der Waals surface area contributed by atoms with Crippen LogP contribution in [0.25, 0.3) is 21.1 Å². The van der Waals surface area contributed by atoms with E-state index in [1.165, 1.54) is 21.4 Å². The van der Waals surface area contributed by atoms with Crippen molar-refractivity contribution in [2.24, 2.45) is 0 Å². The molecule has 1 N–H and O–H groups in total. The van der Waals surface area contributed by atoms with Gasteiger partial charge in [0.2, 0.25) is 0 Å². The van der Waals surface area contributed by atoms with E-state index in [-0.39, 0.29) is 12.3 Å². The number of nitrogens with one attached hydrogen (secondary N) is 1. The van der Waals surface area contributed by atoms with Crippen LogP contribution >= 0.6 is 11.3 Å². The molecule has 7 rings (SSSR count).